The summed E-state index contributed by atoms with van der Waals surface area (Å²) in [7, 11) is 0. The molecule has 4 nitrogen and oxygen atoms in total. The lowest BCUT2D eigenvalue weighted by atomic mass is 10.1. The van der Waals surface area contributed by atoms with Gasteiger partial charge in [0.2, 0.25) is 0 Å². The molecular formula is C11H22Cl4N2O2. The molecule has 1 rings (SSSR count). The van der Waals surface area contributed by atoms with Gasteiger partial charge in [0.05, 0.1) is 17.6 Å². The summed E-state index contributed by atoms with van der Waals surface area (Å²) in [5.41, 5.74) is -0.314. The van der Waals surface area contributed by atoms with Crippen molar-refractivity contribution in [3.8, 4) is 0 Å². The third-order valence-electron chi connectivity index (χ3n) is 2.92. The molecule has 0 radical (unpaired) electrons. The summed E-state index contributed by atoms with van der Waals surface area (Å²) in [5, 5.41) is 3.15. The summed E-state index contributed by atoms with van der Waals surface area (Å²) in [4.78, 5) is 13.6. The maximum Gasteiger partial charge on any atom is 0.323 e. The van der Waals surface area contributed by atoms with Crippen molar-refractivity contribution in [2.24, 2.45) is 0 Å². The van der Waals surface area contributed by atoms with E-state index in [9.17, 15) is 4.79 Å². The number of carbonyl (C=O) groups excluding carboxylic acids is 1. The van der Waals surface area contributed by atoms with Gasteiger partial charge in [-0.25, -0.2) is 0 Å². The first-order valence-electron chi connectivity index (χ1n) is 5.93. The summed E-state index contributed by atoms with van der Waals surface area (Å²) < 4.78 is 4.99. The van der Waals surface area contributed by atoms with Gasteiger partial charge in [0.15, 0.2) is 0 Å². The number of ether oxygens (including phenoxy) is 1. The molecule has 19 heavy (non-hydrogen) atoms. The topological polar surface area (TPSA) is 41.6 Å². The highest BCUT2D eigenvalue weighted by Gasteiger charge is 2.36. The van der Waals surface area contributed by atoms with Crippen molar-refractivity contribution in [2.45, 2.75) is 50.3 Å². The van der Waals surface area contributed by atoms with Gasteiger partial charge in [0, 0.05) is 12.6 Å². The van der Waals surface area contributed by atoms with E-state index in [0.717, 1.165) is 0 Å². The number of nitrogens with one attached hydrogen (secondary N) is 1. The standard InChI is InChI=1S/C11H20Cl2N2O2.2ClH/c1-4-17-11(16)10-5-9(6-14-10)15(7(2)12)8(3)13;;/h7-10,14H,4-6H2,1-3H3;2*1H/t7?,8?,9?,10-;;/m0../s1. The lowest BCUT2D eigenvalue weighted by molar-refractivity contribution is -0.145. The lowest BCUT2D eigenvalue weighted by Crippen LogP contribution is -2.44. The second kappa shape index (κ2) is 10.3. The van der Waals surface area contributed by atoms with Gasteiger partial charge in [0.25, 0.3) is 0 Å². The smallest absolute Gasteiger partial charge is 0.323 e. The molecule has 1 heterocycles. The molecule has 0 aromatic rings. The molecule has 0 aliphatic carbocycles. The predicted octanol–water partition coefficient (Wildman–Crippen LogP) is 2.60. The average molecular weight is 356 g/mol. The van der Waals surface area contributed by atoms with E-state index in [2.05, 4.69) is 5.32 Å². The SMILES string of the molecule is CCOC(=O)[C@@H]1CC(N(C(C)Cl)C(C)Cl)CN1.Cl.Cl. The summed E-state index contributed by atoms with van der Waals surface area (Å²) in [6, 6.07) is -0.0716. The van der Waals surface area contributed by atoms with E-state index < -0.39 is 0 Å². The molecule has 0 spiro atoms. The molecule has 0 aromatic heterocycles. The van der Waals surface area contributed by atoms with Crippen LogP contribution in [0.5, 0.6) is 0 Å². The Kier molecular flexibility index (Phi) is 11.8. The number of esters is 1. The van der Waals surface area contributed by atoms with Crippen LogP contribution in [0.2, 0.25) is 0 Å². The Labute approximate surface area is 137 Å². The third kappa shape index (κ3) is 6.23. The first-order valence-corrected chi connectivity index (χ1v) is 6.80. The van der Waals surface area contributed by atoms with Crippen molar-refractivity contribution < 1.29 is 9.53 Å². The van der Waals surface area contributed by atoms with Crippen LogP contribution in [-0.4, -0.2) is 47.1 Å². The maximum absolute atomic E-state index is 11.6. The highest BCUT2D eigenvalue weighted by atomic mass is 35.5. The number of halogens is 4. The van der Waals surface area contributed by atoms with Gasteiger partial charge in [0.1, 0.15) is 6.04 Å². The zero-order chi connectivity index (χ0) is 13.0. The van der Waals surface area contributed by atoms with Crippen molar-refractivity contribution in [3.63, 3.8) is 0 Å². The number of hydrogen-bond donors (Lipinski definition) is 1. The van der Waals surface area contributed by atoms with Crippen molar-refractivity contribution in [1.29, 1.82) is 0 Å². The fraction of sp³-hybridized carbons (Fsp3) is 0.909. The van der Waals surface area contributed by atoms with E-state index in [-0.39, 0.29) is 53.9 Å². The first kappa shape index (κ1) is 21.8. The molecule has 1 N–H and O–H groups in total. The maximum atomic E-state index is 11.6. The highest BCUT2D eigenvalue weighted by Crippen LogP contribution is 2.23. The van der Waals surface area contributed by atoms with Crippen LogP contribution in [0.25, 0.3) is 0 Å². The van der Waals surface area contributed by atoms with E-state index in [1.165, 1.54) is 0 Å². The molecule has 3 unspecified atom stereocenters. The van der Waals surface area contributed by atoms with Crippen LogP contribution in [-0.2, 0) is 9.53 Å². The normalized spacial score (nSPS) is 25.2. The van der Waals surface area contributed by atoms with Gasteiger partial charge < -0.3 is 10.1 Å². The molecule has 0 bridgehead atoms. The molecule has 0 aromatic carbocycles. The molecule has 116 valence electrons. The lowest BCUT2D eigenvalue weighted by Gasteiger charge is -2.32. The fourth-order valence-electron chi connectivity index (χ4n) is 2.23. The largest absolute Gasteiger partial charge is 0.465 e. The van der Waals surface area contributed by atoms with Crippen LogP contribution in [0, 0.1) is 0 Å². The minimum absolute atomic E-state index is 0. The monoisotopic (exact) mass is 354 g/mol. The van der Waals surface area contributed by atoms with Gasteiger partial charge in [-0.2, -0.15) is 0 Å². The molecule has 4 atom stereocenters. The summed E-state index contributed by atoms with van der Waals surface area (Å²) in [6.45, 7) is 6.69. The molecule has 0 saturated carbocycles. The van der Waals surface area contributed by atoms with Crippen LogP contribution in [0.3, 0.4) is 0 Å². The Hall–Kier alpha value is 0.550. The zero-order valence-corrected chi connectivity index (χ0v) is 14.4. The van der Waals surface area contributed by atoms with Gasteiger partial charge in [-0.05, 0) is 27.2 Å². The van der Waals surface area contributed by atoms with E-state index in [1.54, 1.807) is 6.92 Å². The van der Waals surface area contributed by atoms with Gasteiger partial charge in [-0.3, -0.25) is 9.69 Å². The zero-order valence-electron chi connectivity index (χ0n) is 11.3. The molecule has 1 fully saturated rings. The second-order valence-corrected chi connectivity index (χ2v) is 5.46. The number of nitrogens with zero attached hydrogens (tertiary/aromatic N) is 1. The summed E-state index contributed by atoms with van der Waals surface area (Å²) in [6.07, 6.45) is 0.687. The summed E-state index contributed by atoms with van der Waals surface area (Å²) >= 11 is 12.2. The van der Waals surface area contributed by atoms with Gasteiger partial charge in [-0.1, -0.05) is 0 Å². The molecular weight excluding hydrogens is 334 g/mol. The van der Waals surface area contributed by atoms with Crippen LogP contribution in [0.4, 0.5) is 0 Å². The van der Waals surface area contributed by atoms with Crippen LogP contribution < -0.4 is 5.32 Å². The molecule has 1 aliphatic rings. The fourth-order valence-corrected chi connectivity index (χ4v) is 2.95. The predicted molar refractivity (Wildman–Crippen MR) is 83.8 cm³/mol. The van der Waals surface area contributed by atoms with Crippen molar-refractivity contribution in [3.05, 3.63) is 0 Å². The van der Waals surface area contributed by atoms with Gasteiger partial charge in [-0.15, -0.1) is 48.0 Å². The molecule has 0 amide bonds. The molecule has 1 saturated heterocycles. The Morgan fingerprint density at radius 1 is 1.37 bits per heavy atom. The van der Waals surface area contributed by atoms with Crippen molar-refractivity contribution in [1.82, 2.24) is 10.2 Å². The minimum Gasteiger partial charge on any atom is -0.465 e. The number of alkyl halides is 2. The van der Waals surface area contributed by atoms with Crippen molar-refractivity contribution in [2.75, 3.05) is 13.2 Å². The number of carbonyl (C=O) groups is 1. The Bertz CT molecular complexity index is 259. The van der Waals surface area contributed by atoms with Crippen LogP contribution >= 0.6 is 48.0 Å². The van der Waals surface area contributed by atoms with E-state index in [1.807, 2.05) is 18.7 Å². The van der Waals surface area contributed by atoms with E-state index >= 15 is 0 Å². The average Bonchev–Trinajstić information content (AvgIpc) is 2.66. The Balaban J connectivity index is 0. The first-order chi connectivity index (χ1) is 7.97. The van der Waals surface area contributed by atoms with Crippen LogP contribution in [0.15, 0.2) is 0 Å². The molecule has 1 aliphatic heterocycles. The van der Waals surface area contributed by atoms with E-state index in [0.29, 0.717) is 19.6 Å². The Morgan fingerprint density at radius 3 is 2.32 bits per heavy atom. The van der Waals surface area contributed by atoms with Crippen molar-refractivity contribution >= 4 is 54.0 Å². The number of rotatable bonds is 5. The second-order valence-electron chi connectivity index (χ2n) is 4.20. The minimum atomic E-state index is -0.242. The third-order valence-corrected chi connectivity index (χ3v) is 3.37. The van der Waals surface area contributed by atoms with Crippen LogP contribution in [0.1, 0.15) is 27.2 Å². The number of hydrogen-bond acceptors (Lipinski definition) is 4. The van der Waals surface area contributed by atoms with Gasteiger partial charge >= 0.3 is 5.97 Å². The quantitative estimate of drug-likeness (QED) is 0.467. The summed E-state index contributed by atoms with van der Waals surface area (Å²) in [5.74, 6) is -0.195. The highest BCUT2D eigenvalue weighted by molar-refractivity contribution is 6.22. The Morgan fingerprint density at radius 2 is 1.89 bits per heavy atom. The van der Waals surface area contributed by atoms with E-state index in [4.69, 9.17) is 27.9 Å². The molecule has 8 heteroatoms.